The van der Waals surface area contributed by atoms with Crippen molar-refractivity contribution in [3.05, 3.63) is 22.8 Å². The van der Waals surface area contributed by atoms with Crippen molar-refractivity contribution in [1.29, 1.82) is 0 Å². The molecule has 7 nitrogen and oxygen atoms in total. The predicted molar refractivity (Wildman–Crippen MR) is 79.8 cm³/mol. The molecule has 0 aromatic carbocycles. The van der Waals surface area contributed by atoms with Crippen LogP contribution in [0.1, 0.15) is 36.2 Å². The van der Waals surface area contributed by atoms with E-state index in [4.69, 9.17) is 17.4 Å². The molecular weight excluding hydrogens is 294 g/mol. The summed E-state index contributed by atoms with van der Waals surface area (Å²) < 4.78 is 0. The number of carbonyl (C=O) groups is 2. The normalized spacial score (nSPS) is 13.6. The predicted octanol–water partition coefficient (Wildman–Crippen LogP) is 0.809. The van der Waals surface area contributed by atoms with E-state index in [0.717, 1.165) is 12.8 Å². The van der Waals surface area contributed by atoms with Crippen LogP contribution in [0, 0.1) is 0 Å². The number of pyridine rings is 1. The Bertz CT molecular complexity index is 533. The zero-order chi connectivity index (χ0) is 15.2. The van der Waals surface area contributed by atoms with Crippen LogP contribution in [0.2, 0.25) is 5.02 Å². The summed E-state index contributed by atoms with van der Waals surface area (Å²) >= 11 is 5.92. The van der Waals surface area contributed by atoms with Gasteiger partial charge in [-0.05, 0) is 31.4 Å². The molecule has 5 N–H and O–H groups in total. The average Bonchev–Trinajstić information content (AvgIpc) is 3.27. The number of aromatic nitrogens is 1. The highest BCUT2D eigenvalue weighted by Gasteiger charge is 2.22. The van der Waals surface area contributed by atoms with Crippen LogP contribution in [0.5, 0.6) is 0 Å². The Morgan fingerprint density at radius 1 is 1.38 bits per heavy atom. The summed E-state index contributed by atoms with van der Waals surface area (Å²) in [4.78, 5) is 27.4. The van der Waals surface area contributed by atoms with Gasteiger partial charge in [0.1, 0.15) is 11.5 Å². The highest BCUT2D eigenvalue weighted by molar-refractivity contribution is 6.33. The van der Waals surface area contributed by atoms with Gasteiger partial charge in [0.05, 0.1) is 5.02 Å². The lowest BCUT2D eigenvalue weighted by Gasteiger charge is -2.08. The lowest BCUT2D eigenvalue weighted by molar-refractivity contribution is -0.121. The molecule has 8 heteroatoms. The summed E-state index contributed by atoms with van der Waals surface area (Å²) in [5.74, 6) is 5.23. The lowest BCUT2D eigenvalue weighted by atomic mass is 10.2. The number of halogens is 1. The van der Waals surface area contributed by atoms with E-state index in [-0.39, 0.29) is 22.5 Å². The topological polar surface area (TPSA) is 109 Å². The number of hydrogen-bond acceptors (Lipinski definition) is 5. The standard InChI is InChI=1S/C13H18ClN5O2/c14-9-5-6-10(19-15)18-12(9)13(21)16-7-1-2-11(20)17-8-3-4-8/h5-6,8H,1-4,7,15H2,(H,16,21)(H,17,20)(H,18,19). The van der Waals surface area contributed by atoms with Crippen LogP contribution in [-0.4, -0.2) is 29.4 Å². The molecule has 1 aromatic heterocycles. The molecule has 114 valence electrons. The van der Waals surface area contributed by atoms with Crippen molar-refractivity contribution in [2.75, 3.05) is 12.0 Å². The Hall–Kier alpha value is -1.86. The number of hydrogen-bond donors (Lipinski definition) is 4. The Morgan fingerprint density at radius 2 is 2.14 bits per heavy atom. The van der Waals surface area contributed by atoms with Crippen molar-refractivity contribution < 1.29 is 9.59 Å². The Balaban J connectivity index is 1.74. The minimum Gasteiger partial charge on any atom is -0.353 e. The number of nitrogens with one attached hydrogen (secondary N) is 3. The van der Waals surface area contributed by atoms with Crippen molar-refractivity contribution in [3.8, 4) is 0 Å². The fraction of sp³-hybridized carbons (Fsp3) is 0.462. The number of anilines is 1. The summed E-state index contributed by atoms with van der Waals surface area (Å²) in [7, 11) is 0. The second-order valence-corrected chi connectivity index (χ2v) is 5.28. The summed E-state index contributed by atoms with van der Waals surface area (Å²) in [5.41, 5.74) is 2.46. The number of carbonyl (C=O) groups excluding carboxylic acids is 2. The summed E-state index contributed by atoms with van der Waals surface area (Å²) in [6.45, 7) is 0.384. The zero-order valence-electron chi connectivity index (χ0n) is 11.5. The number of nitrogens with two attached hydrogens (primary N) is 1. The molecule has 0 radical (unpaired) electrons. The number of amides is 2. The largest absolute Gasteiger partial charge is 0.353 e. The van der Waals surface area contributed by atoms with E-state index in [1.54, 1.807) is 12.1 Å². The van der Waals surface area contributed by atoms with Crippen LogP contribution in [0.15, 0.2) is 12.1 Å². The maximum atomic E-state index is 11.9. The zero-order valence-corrected chi connectivity index (χ0v) is 12.2. The van der Waals surface area contributed by atoms with Crippen molar-refractivity contribution in [1.82, 2.24) is 15.6 Å². The van der Waals surface area contributed by atoms with Crippen molar-refractivity contribution >= 4 is 29.2 Å². The second kappa shape index (κ2) is 7.24. The average molecular weight is 312 g/mol. The lowest BCUT2D eigenvalue weighted by Crippen LogP contribution is -2.29. The van der Waals surface area contributed by atoms with Crippen LogP contribution in [0.4, 0.5) is 5.82 Å². The van der Waals surface area contributed by atoms with Crippen molar-refractivity contribution in [3.63, 3.8) is 0 Å². The van der Waals surface area contributed by atoms with Gasteiger partial charge in [0.2, 0.25) is 5.91 Å². The molecule has 0 bridgehead atoms. The second-order valence-electron chi connectivity index (χ2n) is 4.87. The molecule has 1 fully saturated rings. The third-order valence-corrected chi connectivity index (χ3v) is 3.32. The van der Waals surface area contributed by atoms with Gasteiger partial charge in [-0.2, -0.15) is 0 Å². The fourth-order valence-corrected chi connectivity index (χ4v) is 1.93. The minimum absolute atomic E-state index is 0.0252. The molecule has 1 saturated carbocycles. The van der Waals surface area contributed by atoms with E-state index in [0.29, 0.717) is 31.2 Å². The van der Waals surface area contributed by atoms with E-state index >= 15 is 0 Å². The Morgan fingerprint density at radius 3 is 2.81 bits per heavy atom. The molecule has 0 saturated heterocycles. The van der Waals surface area contributed by atoms with Gasteiger partial charge in [-0.3, -0.25) is 9.59 Å². The van der Waals surface area contributed by atoms with E-state index in [2.05, 4.69) is 21.0 Å². The van der Waals surface area contributed by atoms with Crippen molar-refractivity contribution in [2.45, 2.75) is 31.7 Å². The smallest absolute Gasteiger partial charge is 0.271 e. The Labute approximate surface area is 127 Å². The van der Waals surface area contributed by atoms with E-state index in [9.17, 15) is 9.59 Å². The third-order valence-electron chi connectivity index (χ3n) is 3.02. The van der Waals surface area contributed by atoms with Crippen LogP contribution in [0.25, 0.3) is 0 Å². The summed E-state index contributed by atoms with van der Waals surface area (Å²) in [6.07, 6.45) is 3.09. The van der Waals surface area contributed by atoms with E-state index < -0.39 is 0 Å². The van der Waals surface area contributed by atoms with E-state index in [1.807, 2.05) is 0 Å². The quantitative estimate of drug-likeness (QED) is 0.338. The summed E-state index contributed by atoms with van der Waals surface area (Å²) in [6, 6.07) is 3.48. The number of rotatable bonds is 7. The first-order valence-electron chi connectivity index (χ1n) is 6.81. The first-order valence-corrected chi connectivity index (χ1v) is 7.18. The van der Waals surface area contributed by atoms with E-state index in [1.165, 1.54) is 0 Å². The molecule has 0 spiro atoms. The maximum Gasteiger partial charge on any atom is 0.271 e. The van der Waals surface area contributed by atoms with Gasteiger partial charge in [0.25, 0.3) is 5.91 Å². The van der Waals surface area contributed by atoms with Crippen LogP contribution < -0.4 is 21.9 Å². The van der Waals surface area contributed by atoms with Gasteiger partial charge >= 0.3 is 0 Å². The molecule has 1 aromatic rings. The monoisotopic (exact) mass is 311 g/mol. The van der Waals surface area contributed by atoms with Gasteiger partial charge in [-0.25, -0.2) is 10.8 Å². The van der Waals surface area contributed by atoms with Gasteiger partial charge in [0, 0.05) is 19.0 Å². The molecule has 0 unspecified atom stereocenters. The van der Waals surface area contributed by atoms with Crippen LogP contribution in [0.3, 0.4) is 0 Å². The van der Waals surface area contributed by atoms with Gasteiger partial charge in [-0.15, -0.1) is 0 Å². The molecule has 1 heterocycles. The minimum atomic E-state index is -0.389. The molecule has 2 rings (SSSR count). The highest BCUT2D eigenvalue weighted by atomic mass is 35.5. The van der Waals surface area contributed by atoms with Crippen molar-refractivity contribution in [2.24, 2.45) is 5.84 Å². The SMILES string of the molecule is NNc1ccc(Cl)c(C(=O)NCCCC(=O)NC2CC2)n1. The third kappa shape index (κ3) is 4.87. The molecule has 1 aliphatic carbocycles. The van der Waals surface area contributed by atoms with Gasteiger partial charge < -0.3 is 16.1 Å². The molecule has 0 aliphatic heterocycles. The maximum absolute atomic E-state index is 11.9. The number of nitrogens with zero attached hydrogens (tertiary/aromatic N) is 1. The Kier molecular flexibility index (Phi) is 5.35. The number of nitrogen functional groups attached to an aromatic ring is 1. The van der Waals surface area contributed by atoms with Gasteiger partial charge in [0.15, 0.2) is 0 Å². The first kappa shape index (κ1) is 15.5. The van der Waals surface area contributed by atoms with Gasteiger partial charge in [-0.1, -0.05) is 11.6 Å². The highest BCUT2D eigenvalue weighted by Crippen LogP contribution is 2.18. The fourth-order valence-electron chi connectivity index (χ4n) is 1.74. The molecule has 1 aliphatic rings. The molecule has 21 heavy (non-hydrogen) atoms. The number of hydrazine groups is 1. The summed E-state index contributed by atoms with van der Waals surface area (Å²) in [5, 5.41) is 5.82. The molecule has 0 atom stereocenters. The molecule has 2 amide bonds. The van der Waals surface area contributed by atoms with Crippen LogP contribution >= 0.6 is 11.6 Å². The first-order chi connectivity index (χ1) is 10.1. The molecular formula is C13H18ClN5O2. The van der Waals surface area contributed by atoms with Crippen LogP contribution in [-0.2, 0) is 4.79 Å².